The molecule has 0 atom stereocenters. The maximum absolute atomic E-state index is 12.9. The first-order valence-corrected chi connectivity index (χ1v) is 12.8. The molecule has 0 saturated carbocycles. The number of piperazine rings is 1. The molecule has 1 fully saturated rings. The molecule has 176 valence electrons. The van der Waals surface area contributed by atoms with Crippen molar-refractivity contribution in [1.82, 2.24) is 4.90 Å². The van der Waals surface area contributed by atoms with E-state index >= 15 is 0 Å². The third-order valence-electron chi connectivity index (χ3n) is 5.79. The number of anilines is 2. The van der Waals surface area contributed by atoms with Gasteiger partial charge in [-0.15, -0.1) is 0 Å². The van der Waals surface area contributed by atoms with E-state index in [0.717, 1.165) is 56.3 Å². The molecule has 1 heterocycles. The molecule has 2 aromatic carbocycles. The predicted molar refractivity (Wildman–Crippen MR) is 131 cm³/mol. The van der Waals surface area contributed by atoms with Crippen LogP contribution in [0.4, 0.5) is 11.4 Å². The largest absolute Gasteiger partial charge is 0.497 e. The zero-order valence-corrected chi connectivity index (χ0v) is 20.2. The first kappa shape index (κ1) is 24.2. The molecule has 0 aliphatic carbocycles. The third-order valence-corrected chi connectivity index (χ3v) is 7.78. The van der Waals surface area contributed by atoms with Crippen molar-refractivity contribution >= 4 is 21.4 Å². The minimum Gasteiger partial charge on any atom is -0.497 e. The number of rotatable bonds is 11. The number of hydrogen-bond acceptors (Lipinski definition) is 6. The zero-order chi connectivity index (χ0) is 23.0. The van der Waals surface area contributed by atoms with E-state index in [0.29, 0.717) is 18.7 Å². The summed E-state index contributed by atoms with van der Waals surface area (Å²) < 4.78 is 38.0. The second-order valence-electron chi connectivity index (χ2n) is 7.94. The molecule has 0 bridgehead atoms. The van der Waals surface area contributed by atoms with Crippen molar-refractivity contribution in [2.45, 2.75) is 19.8 Å². The van der Waals surface area contributed by atoms with Gasteiger partial charge in [-0.2, -0.15) is 0 Å². The molecule has 0 N–H and O–H groups in total. The van der Waals surface area contributed by atoms with E-state index in [1.165, 1.54) is 0 Å². The fourth-order valence-corrected chi connectivity index (χ4v) is 5.67. The van der Waals surface area contributed by atoms with E-state index in [-0.39, 0.29) is 5.75 Å². The van der Waals surface area contributed by atoms with Gasteiger partial charge in [-0.1, -0.05) is 19.1 Å². The first-order chi connectivity index (χ1) is 15.5. The summed E-state index contributed by atoms with van der Waals surface area (Å²) in [5, 5.41) is 0. The molecule has 0 spiro atoms. The highest BCUT2D eigenvalue weighted by Crippen LogP contribution is 2.28. The monoisotopic (exact) mass is 461 g/mol. The Kier molecular flexibility index (Phi) is 8.64. The minimum absolute atomic E-state index is 0.149. The molecular formula is C24H35N3O4S. The van der Waals surface area contributed by atoms with Crippen molar-refractivity contribution in [3.05, 3.63) is 48.5 Å². The van der Waals surface area contributed by atoms with Crippen LogP contribution in [0.25, 0.3) is 0 Å². The molecule has 3 rings (SSSR count). The van der Waals surface area contributed by atoms with E-state index in [4.69, 9.17) is 9.47 Å². The fourth-order valence-electron chi connectivity index (χ4n) is 4.09. The van der Waals surface area contributed by atoms with E-state index in [9.17, 15) is 8.42 Å². The van der Waals surface area contributed by atoms with Gasteiger partial charge in [-0.25, -0.2) is 8.42 Å². The second kappa shape index (κ2) is 11.4. The number of benzene rings is 2. The van der Waals surface area contributed by atoms with Crippen LogP contribution in [0.2, 0.25) is 0 Å². The maximum atomic E-state index is 12.9. The molecule has 0 amide bonds. The number of ether oxygens (including phenoxy) is 2. The SMILES string of the molecule is CCCS(=O)(=O)N(CCCN1CCN(c2ccccc2OC)CC1)c1ccc(OC)cc1. The molecule has 2 aromatic rings. The number of hydrogen-bond donors (Lipinski definition) is 0. The molecule has 8 heteroatoms. The van der Waals surface area contributed by atoms with Crippen LogP contribution >= 0.6 is 0 Å². The Hall–Kier alpha value is -2.45. The summed E-state index contributed by atoms with van der Waals surface area (Å²) in [6.45, 7) is 6.98. The van der Waals surface area contributed by atoms with E-state index in [2.05, 4.69) is 15.9 Å². The van der Waals surface area contributed by atoms with Gasteiger partial charge in [-0.05, 0) is 49.2 Å². The average Bonchev–Trinajstić information content (AvgIpc) is 2.82. The van der Waals surface area contributed by atoms with Crippen molar-refractivity contribution < 1.29 is 17.9 Å². The van der Waals surface area contributed by atoms with Crippen molar-refractivity contribution in [2.75, 3.05) is 68.4 Å². The molecule has 0 radical (unpaired) electrons. The van der Waals surface area contributed by atoms with Crippen LogP contribution in [0, 0.1) is 0 Å². The summed E-state index contributed by atoms with van der Waals surface area (Å²) in [5.41, 5.74) is 1.83. The Bertz CT molecular complexity index is 942. The van der Waals surface area contributed by atoms with E-state index < -0.39 is 10.0 Å². The second-order valence-corrected chi connectivity index (χ2v) is 9.95. The zero-order valence-electron chi connectivity index (χ0n) is 19.4. The van der Waals surface area contributed by atoms with Crippen LogP contribution in [-0.2, 0) is 10.0 Å². The summed E-state index contributed by atoms with van der Waals surface area (Å²) in [6, 6.07) is 15.4. The molecule has 32 heavy (non-hydrogen) atoms. The molecule has 1 aliphatic rings. The van der Waals surface area contributed by atoms with Crippen LogP contribution < -0.4 is 18.7 Å². The lowest BCUT2D eigenvalue weighted by Gasteiger charge is -2.37. The van der Waals surface area contributed by atoms with Gasteiger partial charge in [0.25, 0.3) is 0 Å². The maximum Gasteiger partial charge on any atom is 0.235 e. The lowest BCUT2D eigenvalue weighted by molar-refractivity contribution is 0.255. The van der Waals surface area contributed by atoms with E-state index in [1.54, 1.807) is 30.7 Å². The quantitative estimate of drug-likeness (QED) is 0.511. The minimum atomic E-state index is -3.35. The first-order valence-electron chi connectivity index (χ1n) is 11.2. The van der Waals surface area contributed by atoms with Gasteiger partial charge in [0.15, 0.2) is 0 Å². The lowest BCUT2D eigenvalue weighted by atomic mass is 10.2. The Morgan fingerprint density at radius 1 is 0.938 bits per heavy atom. The van der Waals surface area contributed by atoms with Gasteiger partial charge < -0.3 is 14.4 Å². The van der Waals surface area contributed by atoms with Gasteiger partial charge in [0.2, 0.25) is 10.0 Å². The Labute approximate surface area is 192 Å². The van der Waals surface area contributed by atoms with Crippen molar-refractivity contribution in [1.29, 1.82) is 0 Å². The molecule has 0 aromatic heterocycles. The van der Waals surface area contributed by atoms with Crippen LogP contribution in [0.5, 0.6) is 11.5 Å². The summed E-state index contributed by atoms with van der Waals surface area (Å²) >= 11 is 0. The van der Waals surface area contributed by atoms with Gasteiger partial charge in [0.1, 0.15) is 11.5 Å². The highest BCUT2D eigenvalue weighted by molar-refractivity contribution is 7.92. The summed E-state index contributed by atoms with van der Waals surface area (Å²) in [5.74, 6) is 1.77. The summed E-state index contributed by atoms with van der Waals surface area (Å²) in [4.78, 5) is 4.76. The molecule has 0 unspecified atom stereocenters. The highest BCUT2D eigenvalue weighted by atomic mass is 32.2. The Balaban J connectivity index is 1.57. The van der Waals surface area contributed by atoms with Gasteiger partial charge in [-0.3, -0.25) is 9.21 Å². The number of para-hydroxylation sites is 2. The fraction of sp³-hybridized carbons (Fsp3) is 0.500. The van der Waals surface area contributed by atoms with Crippen molar-refractivity contribution in [3.8, 4) is 11.5 Å². The Morgan fingerprint density at radius 3 is 2.25 bits per heavy atom. The molecule has 7 nitrogen and oxygen atoms in total. The number of sulfonamides is 1. The normalized spacial score (nSPS) is 14.9. The van der Waals surface area contributed by atoms with Crippen LogP contribution in [0.1, 0.15) is 19.8 Å². The van der Waals surface area contributed by atoms with Crippen LogP contribution in [-0.4, -0.2) is 72.6 Å². The van der Waals surface area contributed by atoms with Crippen molar-refractivity contribution in [2.24, 2.45) is 0 Å². The number of methoxy groups -OCH3 is 2. The van der Waals surface area contributed by atoms with Gasteiger partial charge >= 0.3 is 0 Å². The number of nitrogens with zero attached hydrogens (tertiary/aromatic N) is 3. The summed E-state index contributed by atoms with van der Waals surface area (Å²) in [6.07, 6.45) is 1.38. The predicted octanol–water partition coefficient (Wildman–Crippen LogP) is 3.46. The highest BCUT2D eigenvalue weighted by Gasteiger charge is 2.23. The van der Waals surface area contributed by atoms with Crippen LogP contribution in [0.15, 0.2) is 48.5 Å². The third kappa shape index (κ3) is 6.07. The Morgan fingerprint density at radius 2 is 1.62 bits per heavy atom. The van der Waals surface area contributed by atoms with Crippen LogP contribution in [0.3, 0.4) is 0 Å². The molecule has 1 saturated heterocycles. The van der Waals surface area contributed by atoms with Gasteiger partial charge in [0.05, 0.1) is 31.3 Å². The topological polar surface area (TPSA) is 62.3 Å². The van der Waals surface area contributed by atoms with E-state index in [1.807, 2.05) is 37.3 Å². The smallest absolute Gasteiger partial charge is 0.235 e. The average molecular weight is 462 g/mol. The lowest BCUT2D eigenvalue weighted by Crippen LogP contribution is -2.47. The standard InChI is InChI=1S/C24H35N3O4S/c1-4-20-32(28,29)27(21-10-12-22(30-2)13-11-21)15-7-14-25-16-18-26(19-17-25)23-8-5-6-9-24(23)31-3/h5-6,8-13H,4,7,14-20H2,1-3H3. The summed E-state index contributed by atoms with van der Waals surface area (Å²) in [7, 11) is -0.0387. The molecular weight excluding hydrogens is 426 g/mol. The van der Waals surface area contributed by atoms with Crippen molar-refractivity contribution in [3.63, 3.8) is 0 Å². The van der Waals surface area contributed by atoms with Gasteiger partial charge in [0, 0.05) is 39.3 Å². The molecule has 1 aliphatic heterocycles.